The van der Waals surface area contributed by atoms with Crippen LogP contribution in [0.25, 0.3) is 0 Å². The molecule has 0 spiro atoms. The minimum atomic E-state index is -0.509. The molecular formula is C20H24N2O3. The summed E-state index contributed by atoms with van der Waals surface area (Å²) in [6, 6.07) is 14.6. The third kappa shape index (κ3) is 5.35. The fourth-order valence-electron chi connectivity index (χ4n) is 2.53. The quantitative estimate of drug-likeness (QED) is 0.782. The van der Waals surface area contributed by atoms with Crippen LogP contribution < -0.4 is 10.2 Å². The zero-order chi connectivity index (χ0) is 18.2. The zero-order valence-electron chi connectivity index (χ0n) is 14.9. The van der Waals surface area contributed by atoms with E-state index in [1.54, 1.807) is 18.2 Å². The van der Waals surface area contributed by atoms with Crippen LogP contribution in [-0.4, -0.2) is 31.6 Å². The molecule has 0 aliphatic rings. The molecule has 2 rings (SSSR count). The molecule has 0 aliphatic carbocycles. The number of hydrogen-bond acceptors (Lipinski definition) is 4. The molecule has 0 unspecified atom stereocenters. The maximum absolute atomic E-state index is 12.1. The van der Waals surface area contributed by atoms with Crippen LogP contribution in [0.4, 0.5) is 11.4 Å². The van der Waals surface area contributed by atoms with E-state index in [9.17, 15) is 9.59 Å². The lowest BCUT2D eigenvalue weighted by atomic mass is 10.2. The van der Waals surface area contributed by atoms with Crippen molar-refractivity contribution in [2.24, 2.45) is 0 Å². The minimum Gasteiger partial charge on any atom is -0.452 e. The second-order valence-electron chi connectivity index (χ2n) is 5.71. The summed E-state index contributed by atoms with van der Waals surface area (Å²) in [5.74, 6) is -0.871. The number of esters is 1. The van der Waals surface area contributed by atoms with Crippen molar-refractivity contribution in [2.45, 2.75) is 20.8 Å². The van der Waals surface area contributed by atoms with Gasteiger partial charge in [0.25, 0.3) is 5.91 Å². The molecule has 2 aromatic carbocycles. The largest absolute Gasteiger partial charge is 0.452 e. The van der Waals surface area contributed by atoms with Crippen molar-refractivity contribution < 1.29 is 14.3 Å². The highest BCUT2D eigenvalue weighted by molar-refractivity contribution is 5.95. The summed E-state index contributed by atoms with van der Waals surface area (Å²) in [7, 11) is 0. The Labute approximate surface area is 148 Å². The van der Waals surface area contributed by atoms with Crippen molar-refractivity contribution in [3.05, 3.63) is 59.7 Å². The number of carbonyl (C=O) groups excluding carboxylic acids is 2. The number of amides is 1. The lowest BCUT2D eigenvalue weighted by molar-refractivity contribution is -0.119. The molecule has 5 nitrogen and oxygen atoms in total. The predicted molar refractivity (Wildman–Crippen MR) is 100 cm³/mol. The number of anilines is 2. The normalized spacial score (nSPS) is 10.2. The van der Waals surface area contributed by atoms with Gasteiger partial charge in [-0.1, -0.05) is 12.1 Å². The highest BCUT2D eigenvalue weighted by Crippen LogP contribution is 2.15. The molecule has 0 aromatic heterocycles. The molecule has 0 saturated heterocycles. The molecule has 0 heterocycles. The summed E-state index contributed by atoms with van der Waals surface area (Å²) in [6.07, 6.45) is 0. The summed E-state index contributed by atoms with van der Waals surface area (Å²) in [5.41, 5.74) is 3.21. The van der Waals surface area contributed by atoms with E-state index in [-0.39, 0.29) is 12.5 Å². The van der Waals surface area contributed by atoms with E-state index in [4.69, 9.17) is 4.74 Å². The first-order chi connectivity index (χ1) is 12.0. The molecule has 0 radical (unpaired) electrons. The first-order valence-electron chi connectivity index (χ1n) is 8.42. The third-order valence-corrected chi connectivity index (χ3v) is 3.87. The molecule has 0 saturated carbocycles. The van der Waals surface area contributed by atoms with Crippen molar-refractivity contribution in [2.75, 3.05) is 29.9 Å². The van der Waals surface area contributed by atoms with Crippen LogP contribution in [0.5, 0.6) is 0 Å². The molecule has 0 atom stereocenters. The van der Waals surface area contributed by atoms with Gasteiger partial charge in [0.15, 0.2) is 6.61 Å². The van der Waals surface area contributed by atoms with Crippen LogP contribution in [0.15, 0.2) is 48.5 Å². The number of hydrogen-bond donors (Lipinski definition) is 1. The van der Waals surface area contributed by atoms with Gasteiger partial charge in [-0.15, -0.1) is 0 Å². The molecule has 1 amide bonds. The number of carbonyl (C=O) groups is 2. The first kappa shape index (κ1) is 18.5. The summed E-state index contributed by atoms with van der Waals surface area (Å²) >= 11 is 0. The highest BCUT2D eigenvalue weighted by atomic mass is 16.5. The maximum Gasteiger partial charge on any atom is 0.338 e. The fourth-order valence-corrected chi connectivity index (χ4v) is 2.53. The first-order valence-corrected chi connectivity index (χ1v) is 8.42. The zero-order valence-corrected chi connectivity index (χ0v) is 14.9. The molecule has 25 heavy (non-hydrogen) atoms. The van der Waals surface area contributed by atoms with E-state index in [1.807, 2.05) is 37.3 Å². The van der Waals surface area contributed by atoms with Crippen LogP contribution in [0.2, 0.25) is 0 Å². The van der Waals surface area contributed by atoms with Gasteiger partial charge in [0.05, 0.1) is 5.56 Å². The molecule has 1 N–H and O–H groups in total. The number of aryl methyl sites for hydroxylation is 1. The Bertz CT molecular complexity index is 722. The van der Waals surface area contributed by atoms with Gasteiger partial charge in [0, 0.05) is 24.5 Å². The van der Waals surface area contributed by atoms with E-state index in [1.165, 1.54) is 0 Å². The number of nitrogens with one attached hydrogen (secondary N) is 1. The van der Waals surface area contributed by atoms with Crippen LogP contribution >= 0.6 is 0 Å². The van der Waals surface area contributed by atoms with E-state index in [2.05, 4.69) is 24.1 Å². The Morgan fingerprint density at radius 3 is 2.32 bits per heavy atom. The van der Waals surface area contributed by atoms with Crippen molar-refractivity contribution >= 4 is 23.3 Å². The minimum absolute atomic E-state index is 0.315. The monoisotopic (exact) mass is 340 g/mol. The summed E-state index contributed by atoms with van der Waals surface area (Å²) in [6.45, 7) is 7.60. The number of ether oxygens (including phenoxy) is 1. The Hall–Kier alpha value is -2.82. The molecule has 2 aromatic rings. The molecule has 132 valence electrons. The molecule has 0 fully saturated rings. The van der Waals surface area contributed by atoms with Gasteiger partial charge in [-0.3, -0.25) is 4.79 Å². The van der Waals surface area contributed by atoms with Gasteiger partial charge in [0.1, 0.15) is 0 Å². The van der Waals surface area contributed by atoms with Gasteiger partial charge >= 0.3 is 5.97 Å². The van der Waals surface area contributed by atoms with Crippen molar-refractivity contribution in [3.63, 3.8) is 0 Å². The predicted octanol–water partition coefficient (Wildman–Crippen LogP) is 3.64. The Balaban J connectivity index is 1.88. The van der Waals surface area contributed by atoms with Crippen molar-refractivity contribution in [3.8, 4) is 0 Å². The van der Waals surface area contributed by atoms with Crippen LogP contribution in [0.3, 0.4) is 0 Å². The van der Waals surface area contributed by atoms with E-state index in [0.717, 1.165) is 24.3 Å². The molecule has 0 bridgehead atoms. The SMILES string of the molecule is CCN(CC)c1ccc(C(=O)OCC(=O)Nc2cccc(C)c2)cc1. The van der Waals surface area contributed by atoms with E-state index < -0.39 is 5.97 Å². The van der Waals surface area contributed by atoms with E-state index >= 15 is 0 Å². The second kappa shape index (κ2) is 8.87. The van der Waals surface area contributed by atoms with Gasteiger partial charge in [-0.2, -0.15) is 0 Å². The lowest BCUT2D eigenvalue weighted by Gasteiger charge is -2.20. The van der Waals surface area contributed by atoms with Gasteiger partial charge < -0.3 is 15.0 Å². The molecule has 5 heteroatoms. The number of nitrogens with zero attached hydrogens (tertiary/aromatic N) is 1. The van der Waals surface area contributed by atoms with Crippen LogP contribution in [-0.2, 0) is 9.53 Å². The van der Waals surface area contributed by atoms with Crippen LogP contribution in [0, 0.1) is 6.92 Å². The van der Waals surface area contributed by atoms with Gasteiger partial charge in [0.2, 0.25) is 0 Å². The third-order valence-electron chi connectivity index (χ3n) is 3.87. The fraction of sp³-hybridized carbons (Fsp3) is 0.300. The number of rotatable bonds is 7. The average Bonchev–Trinajstić information content (AvgIpc) is 2.61. The van der Waals surface area contributed by atoms with Gasteiger partial charge in [-0.25, -0.2) is 4.79 Å². The maximum atomic E-state index is 12.1. The number of benzene rings is 2. The molecule has 0 aliphatic heterocycles. The second-order valence-corrected chi connectivity index (χ2v) is 5.71. The van der Waals surface area contributed by atoms with Crippen molar-refractivity contribution in [1.82, 2.24) is 0 Å². The lowest BCUT2D eigenvalue weighted by Crippen LogP contribution is -2.22. The smallest absolute Gasteiger partial charge is 0.338 e. The standard InChI is InChI=1S/C20H24N2O3/c1-4-22(5-2)18-11-9-16(10-12-18)20(24)25-14-19(23)21-17-8-6-7-15(3)13-17/h6-13H,4-5,14H2,1-3H3,(H,21,23). The Morgan fingerprint density at radius 1 is 1.04 bits per heavy atom. The topological polar surface area (TPSA) is 58.6 Å². The summed E-state index contributed by atoms with van der Waals surface area (Å²) in [5, 5.41) is 2.71. The van der Waals surface area contributed by atoms with Crippen LogP contribution in [0.1, 0.15) is 29.8 Å². The molecular weight excluding hydrogens is 316 g/mol. The Kier molecular flexibility index (Phi) is 6.57. The highest BCUT2D eigenvalue weighted by Gasteiger charge is 2.11. The summed E-state index contributed by atoms with van der Waals surface area (Å²) < 4.78 is 5.08. The van der Waals surface area contributed by atoms with Crippen molar-refractivity contribution in [1.29, 1.82) is 0 Å². The van der Waals surface area contributed by atoms with E-state index in [0.29, 0.717) is 11.3 Å². The summed E-state index contributed by atoms with van der Waals surface area (Å²) in [4.78, 5) is 26.1. The Morgan fingerprint density at radius 2 is 1.72 bits per heavy atom. The van der Waals surface area contributed by atoms with Gasteiger partial charge in [-0.05, 0) is 62.7 Å². The average molecular weight is 340 g/mol.